The summed E-state index contributed by atoms with van der Waals surface area (Å²) < 4.78 is 5.69. The van der Waals surface area contributed by atoms with Gasteiger partial charge in [-0.3, -0.25) is 9.59 Å². The number of fused-ring (bicyclic) bond motifs is 7. The van der Waals surface area contributed by atoms with Crippen LogP contribution in [0.25, 0.3) is 6.08 Å². The minimum Gasteiger partial charge on any atom is -0.465 e. The van der Waals surface area contributed by atoms with E-state index < -0.39 is 10.8 Å². The van der Waals surface area contributed by atoms with Gasteiger partial charge in [-0.05, 0) is 133 Å². The van der Waals surface area contributed by atoms with E-state index in [1.165, 1.54) is 0 Å². The highest BCUT2D eigenvalue weighted by molar-refractivity contribution is 6.04. The highest BCUT2D eigenvalue weighted by Crippen LogP contribution is 2.75. The van der Waals surface area contributed by atoms with E-state index in [-0.39, 0.29) is 39.3 Å². The first kappa shape index (κ1) is 30.7. The summed E-state index contributed by atoms with van der Waals surface area (Å²) in [5.74, 6) is 2.88. The van der Waals surface area contributed by atoms with Gasteiger partial charge in [0.05, 0.1) is 11.7 Å². The second-order valence-corrected chi connectivity index (χ2v) is 17.5. The van der Waals surface area contributed by atoms with Crippen LogP contribution in [-0.4, -0.2) is 16.7 Å². The van der Waals surface area contributed by atoms with Gasteiger partial charge in [-0.25, -0.2) is 4.98 Å². The molecule has 1 N–H and O–H groups in total. The number of rotatable bonds is 3. The number of furan rings is 1. The zero-order valence-corrected chi connectivity index (χ0v) is 28.5. The van der Waals surface area contributed by atoms with E-state index in [2.05, 4.69) is 64.8 Å². The molecule has 0 saturated heterocycles. The van der Waals surface area contributed by atoms with Crippen molar-refractivity contribution in [2.75, 3.05) is 5.32 Å². The number of allylic oxidation sites excluding steroid dienone is 3. The Balaban J connectivity index is 1.29. The molecule has 5 aliphatic carbocycles. The normalized spacial score (nSPS) is 40.8. The maximum Gasteiger partial charge on any atom is 0.232 e. The SMILES string of the molecule is CC1(C)CC[C@]2(C(=O)Nc3ccccn3)CC[C@]3(C)C(=CCC4[C@@]5(C)C/C(=C\c6ccco6)C(=O)C(C)(C)C5CC[C@]43C)C2C1. The lowest BCUT2D eigenvalue weighted by atomic mass is 9.33. The molecule has 1 amide bonds. The van der Waals surface area contributed by atoms with Gasteiger partial charge in [0.1, 0.15) is 11.6 Å². The molecule has 240 valence electrons. The fourth-order valence-corrected chi connectivity index (χ4v) is 11.8. The average Bonchev–Trinajstić information content (AvgIpc) is 3.49. The van der Waals surface area contributed by atoms with Crippen molar-refractivity contribution in [3.05, 3.63) is 65.8 Å². The molecule has 4 fully saturated rings. The van der Waals surface area contributed by atoms with Gasteiger partial charge in [0.2, 0.25) is 5.91 Å². The number of carbonyl (C=O) groups excluding carboxylic acids is 2. The smallest absolute Gasteiger partial charge is 0.232 e. The summed E-state index contributed by atoms with van der Waals surface area (Å²) in [7, 11) is 0. The maximum absolute atomic E-state index is 14.4. The molecule has 2 aromatic rings. The van der Waals surface area contributed by atoms with Crippen molar-refractivity contribution in [2.24, 2.45) is 50.2 Å². The third-order valence-corrected chi connectivity index (χ3v) is 14.4. The summed E-state index contributed by atoms with van der Waals surface area (Å²) in [6.07, 6.45) is 17.0. The molecule has 5 heteroatoms. The summed E-state index contributed by atoms with van der Waals surface area (Å²) in [6, 6.07) is 9.58. The quantitative estimate of drug-likeness (QED) is 0.278. The average molecular weight is 609 g/mol. The number of nitrogens with zero attached hydrogens (tertiary/aromatic N) is 1. The molecule has 0 bridgehead atoms. The van der Waals surface area contributed by atoms with Crippen molar-refractivity contribution >= 4 is 23.6 Å². The van der Waals surface area contributed by atoms with Crippen LogP contribution < -0.4 is 5.32 Å². The second kappa shape index (κ2) is 10.0. The molecule has 0 radical (unpaired) electrons. The molecule has 4 saturated carbocycles. The lowest BCUT2D eigenvalue weighted by molar-refractivity contribution is -0.178. The number of nitrogens with one attached hydrogen (secondary N) is 1. The zero-order chi connectivity index (χ0) is 32.0. The van der Waals surface area contributed by atoms with Gasteiger partial charge in [0.25, 0.3) is 0 Å². The Morgan fingerprint density at radius 2 is 1.73 bits per heavy atom. The van der Waals surface area contributed by atoms with Gasteiger partial charge in [0.15, 0.2) is 5.78 Å². The summed E-state index contributed by atoms with van der Waals surface area (Å²) in [5.41, 5.74) is 1.92. The predicted octanol–water partition coefficient (Wildman–Crippen LogP) is 9.68. The van der Waals surface area contributed by atoms with Crippen molar-refractivity contribution in [1.29, 1.82) is 0 Å². The largest absolute Gasteiger partial charge is 0.465 e. The first-order chi connectivity index (χ1) is 21.2. The standard InChI is InChI=1S/C40H52N2O3/c1-35(2)17-19-40(34(44)42-32-12-8-9-21-41-32)20-18-38(6)28(29(40)25-35)13-14-31-37(5)24-26(23-27-11-10-22-45-27)33(43)36(3,4)30(37)15-16-39(31,38)7/h8-13,21-23,29-31H,14-20,24-25H2,1-7H3,(H,41,42,44)/b26-23+/t29?,30?,31?,37-,38+,39+,40-/m0/s1. The molecule has 7 atom stereocenters. The van der Waals surface area contributed by atoms with Gasteiger partial charge in [-0.15, -0.1) is 0 Å². The van der Waals surface area contributed by atoms with Crippen molar-refractivity contribution in [1.82, 2.24) is 4.98 Å². The minimum absolute atomic E-state index is 0.00719. The molecular weight excluding hydrogens is 556 g/mol. The van der Waals surface area contributed by atoms with Crippen LogP contribution in [-0.2, 0) is 9.59 Å². The summed E-state index contributed by atoms with van der Waals surface area (Å²) >= 11 is 0. The Kier molecular flexibility index (Phi) is 6.84. The molecule has 0 aliphatic heterocycles. The number of aromatic nitrogens is 1. The van der Waals surface area contributed by atoms with E-state index in [9.17, 15) is 9.59 Å². The van der Waals surface area contributed by atoms with E-state index >= 15 is 0 Å². The number of ketones is 1. The highest BCUT2D eigenvalue weighted by Gasteiger charge is 2.69. The topological polar surface area (TPSA) is 72.2 Å². The summed E-state index contributed by atoms with van der Waals surface area (Å²) in [5, 5.41) is 3.26. The lowest BCUT2D eigenvalue weighted by Crippen LogP contribution is -2.65. The zero-order valence-electron chi connectivity index (χ0n) is 28.5. The van der Waals surface area contributed by atoms with E-state index in [1.807, 2.05) is 36.4 Å². The van der Waals surface area contributed by atoms with Gasteiger partial charge in [-0.2, -0.15) is 0 Å². The number of pyridine rings is 1. The number of hydrogen-bond donors (Lipinski definition) is 1. The monoisotopic (exact) mass is 608 g/mol. The molecule has 3 unspecified atom stereocenters. The molecule has 0 spiro atoms. The summed E-state index contributed by atoms with van der Waals surface area (Å²) in [4.78, 5) is 32.8. The first-order valence-electron chi connectivity index (χ1n) is 17.4. The van der Waals surface area contributed by atoms with Crippen molar-refractivity contribution in [3.8, 4) is 0 Å². The first-order valence-corrected chi connectivity index (χ1v) is 17.4. The van der Waals surface area contributed by atoms with Gasteiger partial charge >= 0.3 is 0 Å². The van der Waals surface area contributed by atoms with Crippen LogP contribution in [0.5, 0.6) is 0 Å². The molecule has 7 rings (SSSR count). The Morgan fingerprint density at radius 3 is 2.44 bits per heavy atom. The fraction of sp³-hybridized carbons (Fsp3) is 0.625. The summed E-state index contributed by atoms with van der Waals surface area (Å²) in [6.45, 7) is 16.8. The molecule has 5 nitrogen and oxygen atoms in total. The van der Waals surface area contributed by atoms with E-state index in [0.717, 1.165) is 69.1 Å². The van der Waals surface area contributed by atoms with Gasteiger partial charge in [0, 0.05) is 11.6 Å². The molecule has 45 heavy (non-hydrogen) atoms. The third kappa shape index (κ3) is 4.34. The van der Waals surface area contributed by atoms with Crippen molar-refractivity contribution in [3.63, 3.8) is 0 Å². The Morgan fingerprint density at radius 1 is 0.956 bits per heavy atom. The number of Topliss-reactive ketones (excluding diaryl/α,β-unsaturated/α-hetero) is 1. The number of hydrogen-bond acceptors (Lipinski definition) is 4. The van der Waals surface area contributed by atoms with Crippen LogP contribution in [0, 0.1) is 50.2 Å². The molecule has 0 aromatic carbocycles. The third-order valence-electron chi connectivity index (χ3n) is 14.4. The van der Waals surface area contributed by atoms with Gasteiger partial charge in [-0.1, -0.05) is 66.2 Å². The van der Waals surface area contributed by atoms with Gasteiger partial charge < -0.3 is 9.73 Å². The Hall–Kier alpha value is -2.95. The van der Waals surface area contributed by atoms with Crippen molar-refractivity contribution in [2.45, 2.75) is 106 Å². The van der Waals surface area contributed by atoms with Crippen LogP contribution >= 0.6 is 0 Å². The van der Waals surface area contributed by atoms with Crippen LogP contribution in [0.1, 0.15) is 112 Å². The molecule has 5 aliphatic rings. The fourth-order valence-electron chi connectivity index (χ4n) is 11.8. The van der Waals surface area contributed by atoms with Crippen LogP contribution in [0.15, 0.2) is 64.4 Å². The van der Waals surface area contributed by atoms with Crippen LogP contribution in [0.2, 0.25) is 0 Å². The second-order valence-electron chi connectivity index (χ2n) is 17.5. The number of anilines is 1. The predicted molar refractivity (Wildman–Crippen MR) is 179 cm³/mol. The van der Waals surface area contributed by atoms with E-state index in [4.69, 9.17) is 4.42 Å². The molecule has 2 heterocycles. The Bertz CT molecular complexity index is 1570. The maximum atomic E-state index is 14.4. The minimum atomic E-state index is -0.420. The van der Waals surface area contributed by atoms with Crippen molar-refractivity contribution < 1.29 is 14.0 Å². The van der Waals surface area contributed by atoms with E-state index in [0.29, 0.717) is 17.7 Å². The van der Waals surface area contributed by atoms with E-state index in [1.54, 1.807) is 18.0 Å². The highest BCUT2D eigenvalue weighted by atomic mass is 16.3. The Labute approximate surface area is 269 Å². The lowest BCUT2D eigenvalue weighted by Gasteiger charge is -2.70. The molecule has 2 aromatic heterocycles. The number of carbonyl (C=O) groups is 2. The number of amides is 1. The molecular formula is C40H52N2O3. The van der Waals surface area contributed by atoms with Crippen LogP contribution in [0.3, 0.4) is 0 Å². The van der Waals surface area contributed by atoms with Crippen LogP contribution in [0.4, 0.5) is 5.82 Å².